The van der Waals surface area contributed by atoms with Gasteiger partial charge in [0, 0.05) is 35.1 Å². The van der Waals surface area contributed by atoms with Gasteiger partial charge in [-0.15, -0.1) is 11.3 Å². The predicted molar refractivity (Wildman–Crippen MR) is 128 cm³/mol. The van der Waals surface area contributed by atoms with Crippen molar-refractivity contribution in [1.82, 2.24) is 10.3 Å². The number of nitrogens with one attached hydrogen (secondary N) is 2. The number of thiophene rings is 1. The van der Waals surface area contributed by atoms with Crippen LogP contribution < -0.4 is 10.6 Å². The molecule has 1 aliphatic carbocycles. The summed E-state index contributed by atoms with van der Waals surface area (Å²) in [6.45, 7) is 2.33. The van der Waals surface area contributed by atoms with E-state index >= 15 is 0 Å². The van der Waals surface area contributed by atoms with E-state index < -0.39 is 5.97 Å². The minimum atomic E-state index is -0.925. The van der Waals surface area contributed by atoms with Gasteiger partial charge in [0.1, 0.15) is 0 Å². The summed E-state index contributed by atoms with van der Waals surface area (Å²) in [5.41, 5.74) is 2.84. The van der Waals surface area contributed by atoms with E-state index in [1.165, 1.54) is 52.6 Å². The van der Waals surface area contributed by atoms with Crippen molar-refractivity contribution in [3.05, 3.63) is 58.7 Å². The molecule has 0 saturated heterocycles. The van der Waals surface area contributed by atoms with Gasteiger partial charge in [0.2, 0.25) is 0 Å². The monoisotopic (exact) mass is 451 g/mol. The number of hydrogen-bond acceptors (Lipinski definition) is 5. The Kier molecular flexibility index (Phi) is 7.05. The zero-order valence-corrected chi connectivity index (χ0v) is 19.1. The number of nitrogens with zero attached hydrogens (tertiary/aromatic N) is 1. The van der Waals surface area contributed by atoms with Crippen LogP contribution in [0.2, 0.25) is 0 Å². The van der Waals surface area contributed by atoms with Crippen LogP contribution in [0.25, 0.3) is 10.1 Å². The molecule has 0 radical (unpaired) electrons. The number of aliphatic carboxylic acids is 1. The van der Waals surface area contributed by atoms with Crippen LogP contribution in [0, 0.1) is 12.8 Å². The van der Waals surface area contributed by atoms with Crippen molar-refractivity contribution in [2.45, 2.75) is 51.5 Å². The number of pyridine rings is 1. The molecule has 3 aromatic rings. The second-order valence-corrected chi connectivity index (χ2v) is 9.54. The van der Waals surface area contributed by atoms with E-state index in [1.807, 2.05) is 35.9 Å². The smallest absolute Gasteiger partial charge is 0.305 e. The van der Waals surface area contributed by atoms with Crippen molar-refractivity contribution >= 4 is 39.0 Å². The first-order valence-electron chi connectivity index (χ1n) is 11.2. The lowest BCUT2D eigenvalue weighted by molar-refractivity contribution is -0.136. The number of carboxylic acids is 1. The molecule has 1 fully saturated rings. The molecule has 0 bridgehead atoms. The fourth-order valence-corrected chi connectivity index (χ4v) is 5.87. The Morgan fingerprint density at radius 2 is 1.91 bits per heavy atom. The topological polar surface area (TPSA) is 91.3 Å². The molecule has 1 atom stereocenters. The Labute approximate surface area is 192 Å². The average Bonchev–Trinajstić information content (AvgIpc) is 3.14. The van der Waals surface area contributed by atoms with Crippen molar-refractivity contribution < 1.29 is 14.7 Å². The van der Waals surface area contributed by atoms with E-state index in [4.69, 9.17) is 5.11 Å². The van der Waals surface area contributed by atoms with Gasteiger partial charge < -0.3 is 15.7 Å². The number of aromatic nitrogens is 1. The summed E-state index contributed by atoms with van der Waals surface area (Å²) in [5.74, 6) is -0.608. The SMILES string of the molecule is Cc1c(C(Nc2ccc(C(=O)NCCC(=O)O)cc2)C2CCCCC2)sc2cnccc12. The molecule has 6 nitrogen and oxygen atoms in total. The van der Waals surface area contributed by atoms with Crippen LogP contribution in [0.5, 0.6) is 0 Å². The molecule has 1 aliphatic rings. The zero-order chi connectivity index (χ0) is 22.5. The van der Waals surface area contributed by atoms with Gasteiger partial charge in [0.15, 0.2) is 0 Å². The van der Waals surface area contributed by atoms with Gasteiger partial charge >= 0.3 is 5.97 Å². The third-order valence-electron chi connectivity index (χ3n) is 6.28. The molecule has 32 heavy (non-hydrogen) atoms. The molecule has 1 amide bonds. The zero-order valence-electron chi connectivity index (χ0n) is 18.3. The van der Waals surface area contributed by atoms with Crippen molar-refractivity contribution in [3.63, 3.8) is 0 Å². The van der Waals surface area contributed by atoms with Crippen LogP contribution in [0.4, 0.5) is 5.69 Å². The first-order chi connectivity index (χ1) is 15.5. The van der Waals surface area contributed by atoms with E-state index in [0.717, 1.165) is 5.69 Å². The molecule has 0 spiro atoms. The molecule has 7 heteroatoms. The second-order valence-electron chi connectivity index (χ2n) is 8.46. The van der Waals surface area contributed by atoms with E-state index in [1.54, 1.807) is 12.1 Å². The van der Waals surface area contributed by atoms with Gasteiger partial charge in [-0.25, -0.2) is 0 Å². The maximum absolute atomic E-state index is 12.2. The van der Waals surface area contributed by atoms with Gasteiger partial charge in [0.05, 0.1) is 17.2 Å². The Morgan fingerprint density at radius 1 is 1.16 bits per heavy atom. The van der Waals surface area contributed by atoms with Gasteiger partial charge in [-0.05, 0) is 67.0 Å². The molecule has 1 saturated carbocycles. The highest BCUT2D eigenvalue weighted by molar-refractivity contribution is 7.19. The lowest BCUT2D eigenvalue weighted by Crippen LogP contribution is -2.26. The summed E-state index contributed by atoms with van der Waals surface area (Å²) < 4.78 is 1.22. The van der Waals surface area contributed by atoms with Crippen molar-refractivity contribution in [2.75, 3.05) is 11.9 Å². The number of fused-ring (bicyclic) bond motifs is 1. The molecule has 1 aromatic carbocycles. The van der Waals surface area contributed by atoms with Gasteiger partial charge in [-0.2, -0.15) is 0 Å². The fraction of sp³-hybridized carbons (Fsp3) is 0.400. The predicted octanol–water partition coefficient (Wildman–Crippen LogP) is 5.54. The van der Waals surface area contributed by atoms with Crippen LogP contribution in [0.1, 0.15) is 65.4 Å². The highest BCUT2D eigenvalue weighted by Gasteiger charge is 2.28. The standard InChI is InChI=1S/C25H29N3O3S/c1-16-20-11-13-26-15-21(20)32-24(16)23(17-5-3-2-4-6-17)28-19-9-7-18(8-10-19)25(31)27-14-12-22(29)30/h7-11,13,15,17,23,28H,2-6,12,14H2,1H3,(H,27,31)(H,29,30). The molecule has 2 heterocycles. The minimum absolute atomic E-state index is 0.0848. The number of carboxylic acid groups (broad SMARTS) is 1. The molecule has 4 rings (SSSR count). The largest absolute Gasteiger partial charge is 0.481 e. The summed E-state index contributed by atoms with van der Waals surface area (Å²) in [6.07, 6.45) is 10.00. The molecule has 2 aromatic heterocycles. The lowest BCUT2D eigenvalue weighted by Gasteiger charge is -2.32. The number of amides is 1. The third kappa shape index (κ3) is 5.10. The summed E-state index contributed by atoms with van der Waals surface area (Å²) in [6, 6.07) is 9.78. The minimum Gasteiger partial charge on any atom is -0.481 e. The van der Waals surface area contributed by atoms with Gasteiger partial charge in [-0.3, -0.25) is 14.6 Å². The fourth-order valence-electron chi connectivity index (χ4n) is 4.54. The Balaban J connectivity index is 1.54. The molecule has 0 aliphatic heterocycles. The van der Waals surface area contributed by atoms with E-state index in [9.17, 15) is 9.59 Å². The number of anilines is 1. The van der Waals surface area contributed by atoms with Gasteiger partial charge in [-0.1, -0.05) is 19.3 Å². The maximum atomic E-state index is 12.2. The summed E-state index contributed by atoms with van der Waals surface area (Å²) in [7, 11) is 0. The van der Waals surface area contributed by atoms with Crippen LogP contribution in [0.3, 0.4) is 0 Å². The highest BCUT2D eigenvalue weighted by Crippen LogP contribution is 2.43. The van der Waals surface area contributed by atoms with Crippen LogP contribution in [-0.2, 0) is 4.79 Å². The number of rotatable bonds is 8. The first-order valence-corrected chi connectivity index (χ1v) is 12.0. The highest BCUT2D eigenvalue weighted by atomic mass is 32.1. The van der Waals surface area contributed by atoms with E-state index in [0.29, 0.717) is 11.5 Å². The van der Waals surface area contributed by atoms with Crippen molar-refractivity contribution in [3.8, 4) is 0 Å². The summed E-state index contributed by atoms with van der Waals surface area (Å²) in [4.78, 5) is 28.5. The van der Waals surface area contributed by atoms with E-state index in [2.05, 4.69) is 28.6 Å². The molecule has 1 unspecified atom stereocenters. The van der Waals surface area contributed by atoms with Crippen LogP contribution in [-0.4, -0.2) is 28.5 Å². The van der Waals surface area contributed by atoms with Crippen molar-refractivity contribution in [1.29, 1.82) is 0 Å². The van der Waals surface area contributed by atoms with Crippen molar-refractivity contribution in [2.24, 2.45) is 5.92 Å². The third-order valence-corrected chi connectivity index (χ3v) is 7.60. The second kappa shape index (κ2) is 10.1. The summed E-state index contributed by atoms with van der Waals surface area (Å²) in [5, 5.41) is 16.4. The number of benzene rings is 1. The first kappa shape index (κ1) is 22.3. The average molecular weight is 452 g/mol. The molecule has 168 valence electrons. The number of carbonyl (C=O) groups is 2. The van der Waals surface area contributed by atoms with Crippen LogP contribution >= 0.6 is 11.3 Å². The lowest BCUT2D eigenvalue weighted by atomic mass is 9.82. The molecular formula is C25H29N3O3S. The maximum Gasteiger partial charge on any atom is 0.305 e. The molecule has 3 N–H and O–H groups in total. The Hall–Kier alpha value is -2.93. The number of hydrogen-bond donors (Lipinski definition) is 3. The normalized spacial score (nSPS) is 15.4. The summed E-state index contributed by atoms with van der Waals surface area (Å²) >= 11 is 1.83. The van der Waals surface area contributed by atoms with Crippen LogP contribution in [0.15, 0.2) is 42.7 Å². The molecular weight excluding hydrogens is 422 g/mol. The van der Waals surface area contributed by atoms with Gasteiger partial charge in [0.25, 0.3) is 5.91 Å². The number of aryl methyl sites for hydroxylation is 1. The Bertz CT molecular complexity index is 1090. The quantitative estimate of drug-likeness (QED) is 0.418. The Morgan fingerprint density at radius 3 is 2.59 bits per heavy atom. The number of carbonyl (C=O) groups excluding carboxylic acids is 1. The van der Waals surface area contributed by atoms with E-state index in [-0.39, 0.29) is 24.9 Å².